The van der Waals surface area contributed by atoms with E-state index in [0.717, 1.165) is 16.8 Å². The summed E-state index contributed by atoms with van der Waals surface area (Å²) in [5.74, 6) is 1.19. The first-order valence-corrected chi connectivity index (χ1v) is 9.23. The first-order chi connectivity index (χ1) is 13.6. The van der Waals surface area contributed by atoms with Crippen molar-refractivity contribution in [1.82, 2.24) is 15.1 Å². The predicted molar refractivity (Wildman–Crippen MR) is 105 cm³/mol. The summed E-state index contributed by atoms with van der Waals surface area (Å²) in [6, 6.07) is 14.8. The highest BCUT2D eigenvalue weighted by molar-refractivity contribution is 5.83. The molecule has 2 aromatic carbocycles. The van der Waals surface area contributed by atoms with E-state index >= 15 is 0 Å². The Balaban J connectivity index is 1.34. The van der Waals surface area contributed by atoms with Gasteiger partial charge in [0.05, 0.1) is 11.1 Å². The second-order valence-corrected chi connectivity index (χ2v) is 6.73. The van der Waals surface area contributed by atoms with Crippen molar-refractivity contribution in [1.29, 1.82) is 0 Å². The summed E-state index contributed by atoms with van der Waals surface area (Å²) in [6.07, 6.45) is 0.484. The van der Waals surface area contributed by atoms with Crippen LogP contribution in [0, 0.1) is 6.92 Å². The minimum atomic E-state index is -0.267. The molecule has 1 aliphatic rings. The number of nitrogens with zero attached hydrogens (tertiary/aromatic N) is 2. The van der Waals surface area contributed by atoms with Crippen LogP contribution < -0.4 is 20.3 Å². The zero-order chi connectivity index (χ0) is 19.5. The number of hydrogen-bond donors (Lipinski definition) is 1. The Hall–Kier alpha value is -3.35. The van der Waals surface area contributed by atoms with E-state index in [1.807, 2.05) is 43.3 Å². The average Bonchev–Trinajstić information content (AvgIpc) is 2.72. The van der Waals surface area contributed by atoms with Gasteiger partial charge in [0.25, 0.3) is 5.56 Å². The van der Waals surface area contributed by atoms with E-state index < -0.39 is 0 Å². The third-order valence-corrected chi connectivity index (χ3v) is 4.70. The molecule has 1 amide bonds. The van der Waals surface area contributed by atoms with E-state index in [1.54, 1.807) is 12.1 Å². The molecule has 4 rings (SSSR count). The first-order valence-electron chi connectivity index (χ1n) is 9.23. The molecule has 0 unspecified atom stereocenters. The van der Waals surface area contributed by atoms with Crippen LogP contribution in [0.5, 0.6) is 11.5 Å². The molecule has 0 aliphatic carbocycles. The van der Waals surface area contributed by atoms with Gasteiger partial charge in [0.15, 0.2) is 11.5 Å². The van der Waals surface area contributed by atoms with Crippen molar-refractivity contribution < 1.29 is 14.3 Å². The van der Waals surface area contributed by atoms with Crippen molar-refractivity contribution in [2.75, 3.05) is 13.2 Å². The number of nitrogens with one attached hydrogen (secondary N) is 1. The molecule has 1 atom stereocenters. The van der Waals surface area contributed by atoms with E-state index in [2.05, 4.69) is 10.4 Å². The van der Waals surface area contributed by atoms with Gasteiger partial charge >= 0.3 is 0 Å². The van der Waals surface area contributed by atoms with Crippen LogP contribution in [-0.2, 0) is 11.3 Å². The maximum Gasteiger partial charge on any atom is 0.275 e. The topological polar surface area (TPSA) is 82.5 Å². The smallest absolute Gasteiger partial charge is 0.275 e. The van der Waals surface area contributed by atoms with E-state index in [0.29, 0.717) is 30.7 Å². The molecule has 0 saturated heterocycles. The van der Waals surface area contributed by atoms with Crippen molar-refractivity contribution in [2.45, 2.75) is 26.0 Å². The molecule has 28 heavy (non-hydrogen) atoms. The fourth-order valence-electron chi connectivity index (χ4n) is 3.28. The van der Waals surface area contributed by atoms with Gasteiger partial charge in [-0.05, 0) is 25.1 Å². The largest absolute Gasteiger partial charge is 0.486 e. The number of ether oxygens (including phenoxy) is 2. The lowest BCUT2D eigenvalue weighted by atomic mass is 10.1. The molecule has 144 valence electrons. The van der Waals surface area contributed by atoms with Crippen molar-refractivity contribution in [2.24, 2.45) is 0 Å². The molecule has 1 aliphatic heterocycles. The lowest BCUT2D eigenvalue weighted by molar-refractivity contribution is -0.122. The number of carbonyl (C=O) groups is 1. The third-order valence-electron chi connectivity index (χ3n) is 4.70. The summed E-state index contributed by atoms with van der Waals surface area (Å²) < 4.78 is 12.7. The van der Waals surface area contributed by atoms with Crippen LogP contribution in [0.25, 0.3) is 10.8 Å². The summed E-state index contributed by atoms with van der Waals surface area (Å²) >= 11 is 0. The van der Waals surface area contributed by atoms with Crippen LogP contribution in [0.15, 0.2) is 53.3 Å². The second kappa shape index (κ2) is 7.72. The minimum Gasteiger partial charge on any atom is -0.486 e. The van der Waals surface area contributed by atoms with Crippen LogP contribution >= 0.6 is 0 Å². The van der Waals surface area contributed by atoms with Gasteiger partial charge in [-0.25, -0.2) is 4.68 Å². The molecular weight excluding hydrogens is 358 g/mol. The van der Waals surface area contributed by atoms with Crippen LogP contribution in [0.4, 0.5) is 0 Å². The Morgan fingerprint density at radius 1 is 1.14 bits per heavy atom. The number of rotatable bonds is 5. The third kappa shape index (κ3) is 3.69. The van der Waals surface area contributed by atoms with Gasteiger partial charge in [0, 0.05) is 18.4 Å². The number of aromatic nitrogens is 2. The zero-order valence-corrected chi connectivity index (χ0v) is 15.6. The number of fused-ring (bicyclic) bond motifs is 2. The fraction of sp³-hybridized carbons (Fsp3) is 0.286. The minimum absolute atomic E-state index is 0.116. The molecule has 3 aromatic rings. The standard InChI is InChI=1S/C21H21N3O4/c1-14-16-6-2-3-7-17(16)21(26)24(23-14)12-20(25)22-11-10-15-13-27-18-8-4-5-9-19(18)28-15/h2-9,15H,10-13H2,1H3,(H,22,25)/t15-/m1/s1. The summed E-state index contributed by atoms with van der Waals surface area (Å²) in [4.78, 5) is 24.8. The number of para-hydroxylation sites is 2. The highest BCUT2D eigenvalue weighted by Gasteiger charge is 2.20. The quantitative estimate of drug-likeness (QED) is 0.734. The molecule has 1 aromatic heterocycles. The Bertz CT molecular complexity index is 1080. The molecular formula is C21H21N3O4. The van der Waals surface area contributed by atoms with Crippen molar-refractivity contribution >= 4 is 16.7 Å². The first kappa shape index (κ1) is 18.0. The molecule has 7 heteroatoms. The van der Waals surface area contributed by atoms with Crippen LogP contribution in [0.3, 0.4) is 0 Å². The molecule has 0 saturated carbocycles. The van der Waals surface area contributed by atoms with Crippen LogP contribution in [0.2, 0.25) is 0 Å². The van der Waals surface area contributed by atoms with Crippen LogP contribution in [-0.4, -0.2) is 34.9 Å². The fourth-order valence-corrected chi connectivity index (χ4v) is 3.28. The monoisotopic (exact) mass is 379 g/mol. The Labute approximate surface area is 161 Å². The molecule has 1 N–H and O–H groups in total. The number of amides is 1. The maximum absolute atomic E-state index is 12.5. The number of carbonyl (C=O) groups excluding carboxylic acids is 1. The van der Waals surface area contributed by atoms with Crippen LogP contribution in [0.1, 0.15) is 12.1 Å². The van der Waals surface area contributed by atoms with Gasteiger partial charge in [-0.2, -0.15) is 5.10 Å². The number of benzene rings is 2. The van der Waals surface area contributed by atoms with Gasteiger partial charge in [-0.15, -0.1) is 0 Å². The van der Waals surface area contributed by atoms with Gasteiger partial charge in [-0.1, -0.05) is 30.3 Å². The van der Waals surface area contributed by atoms with Crippen molar-refractivity contribution in [3.05, 3.63) is 64.6 Å². The maximum atomic E-state index is 12.5. The van der Waals surface area contributed by atoms with E-state index in [9.17, 15) is 9.59 Å². The molecule has 0 radical (unpaired) electrons. The number of aryl methyl sites for hydroxylation is 1. The Kier molecular flexibility index (Phi) is 4.97. The summed E-state index contributed by atoms with van der Waals surface area (Å²) in [7, 11) is 0. The summed E-state index contributed by atoms with van der Waals surface area (Å²) in [5, 5.41) is 8.45. The average molecular weight is 379 g/mol. The van der Waals surface area contributed by atoms with Gasteiger partial charge in [-0.3, -0.25) is 9.59 Å². The highest BCUT2D eigenvalue weighted by atomic mass is 16.6. The normalized spacial score (nSPS) is 15.4. The molecule has 7 nitrogen and oxygen atoms in total. The van der Waals surface area contributed by atoms with Gasteiger partial charge in [0.1, 0.15) is 19.3 Å². The van der Waals surface area contributed by atoms with E-state index in [4.69, 9.17) is 9.47 Å². The number of hydrogen-bond acceptors (Lipinski definition) is 5. The van der Waals surface area contributed by atoms with Gasteiger partial charge in [0.2, 0.25) is 5.91 Å². The summed E-state index contributed by atoms with van der Waals surface area (Å²) in [5.41, 5.74) is 0.450. The zero-order valence-electron chi connectivity index (χ0n) is 15.6. The second-order valence-electron chi connectivity index (χ2n) is 6.73. The van der Waals surface area contributed by atoms with Crippen molar-refractivity contribution in [3.63, 3.8) is 0 Å². The lowest BCUT2D eigenvalue weighted by Crippen LogP contribution is -2.37. The van der Waals surface area contributed by atoms with Gasteiger partial charge < -0.3 is 14.8 Å². The van der Waals surface area contributed by atoms with E-state index in [1.165, 1.54) is 4.68 Å². The van der Waals surface area contributed by atoms with E-state index in [-0.39, 0.29) is 24.1 Å². The van der Waals surface area contributed by atoms with Crippen molar-refractivity contribution in [3.8, 4) is 11.5 Å². The Morgan fingerprint density at radius 2 is 1.86 bits per heavy atom. The highest BCUT2D eigenvalue weighted by Crippen LogP contribution is 2.31. The lowest BCUT2D eigenvalue weighted by Gasteiger charge is -2.26. The predicted octanol–water partition coefficient (Wildman–Crippen LogP) is 2.05. The molecule has 0 spiro atoms. The summed E-state index contributed by atoms with van der Waals surface area (Å²) in [6.45, 7) is 2.58. The Morgan fingerprint density at radius 3 is 2.68 bits per heavy atom. The SMILES string of the molecule is Cc1nn(CC(=O)NCC[C@@H]2COc3ccccc3O2)c(=O)c2ccccc12. The molecule has 2 heterocycles. The molecule has 0 bridgehead atoms. The molecule has 0 fully saturated rings.